The molecule has 0 fully saturated rings. The average Bonchev–Trinajstić information content (AvgIpc) is 2.52. The summed E-state index contributed by atoms with van der Waals surface area (Å²) in [7, 11) is 0. The van der Waals surface area contributed by atoms with Gasteiger partial charge in [0.1, 0.15) is 12.1 Å². The Morgan fingerprint density at radius 3 is 1.31 bits per heavy atom. The van der Waals surface area contributed by atoms with E-state index in [2.05, 4.69) is 23.8 Å². The molecule has 0 aromatic carbocycles. The lowest BCUT2D eigenvalue weighted by Gasteiger charge is -2.21. The molecular formula is C18H28N2O6. The molecule has 2 N–H and O–H groups in total. The maximum atomic E-state index is 12.0. The Kier molecular flexibility index (Phi) is 10.6. The second kappa shape index (κ2) is 11.8. The monoisotopic (exact) mass is 368 g/mol. The van der Waals surface area contributed by atoms with Crippen LogP contribution in [0.2, 0.25) is 0 Å². The highest BCUT2D eigenvalue weighted by Gasteiger charge is 2.26. The molecule has 2 unspecified atom stereocenters. The zero-order chi connectivity index (χ0) is 20.3. The molecular weight excluding hydrogens is 340 g/mol. The molecule has 0 bridgehead atoms. The van der Waals surface area contributed by atoms with E-state index in [0.29, 0.717) is 11.1 Å². The standard InChI is InChI=1S/C18H28N2O6/c1-7-25-17(23)15(19-13(5)21)9-11(3)12(4)10-16(20-14(6)22)18(24)26-8-2/h15-16H,3-4,7-10H2,1-2,5-6H3,(H,19,21)(H,20,22). The van der Waals surface area contributed by atoms with Crippen LogP contribution in [0.5, 0.6) is 0 Å². The minimum atomic E-state index is -0.904. The predicted molar refractivity (Wildman–Crippen MR) is 96.0 cm³/mol. The first-order chi connectivity index (χ1) is 12.1. The number of ether oxygens (including phenoxy) is 2. The highest BCUT2D eigenvalue weighted by atomic mass is 16.5. The van der Waals surface area contributed by atoms with Gasteiger partial charge in [-0.05, 0) is 25.0 Å². The molecule has 0 rings (SSSR count). The van der Waals surface area contributed by atoms with Crippen LogP contribution in [0.15, 0.2) is 24.3 Å². The van der Waals surface area contributed by atoms with Crippen LogP contribution < -0.4 is 10.6 Å². The Hall–Kier alpha value is -2.64. The van der Waals surface area contributed by atoms with Gasteiger partial charge in [-0.15, -0.1) is 0 Å². The molecule has 0 saturated carbocycles. The number of hydrogen-bond acceptors (Lipinski definition) is 6. The van der Waals surface area contributed by atoms with Gasteiger partial charge in [0.05, 0.1) is 13.2 Å². The average molecular weight is 368 g/mol. The number of hydrogen-bond donors (Lipinski definition) is 2. The van der Waals surface area contributed by atoms with Crippen molar-refractivity contribution >= 4 is 23.8 Å². The molecule has 0 radical (unpaired) electrons. The Morgan fingerprint density at radius 2 is 1.08 bits per heavy atom. The lowest BCUT2D eigenvalue weighted by atomic mass is 9.95. The van der Waals surface area contributed by atoms with E-state index in [-0.39, 0.29) is 37.9 Å². The number of nitrogens with one attached hydrogen (secondary N) is 2. The summed E-state index contributed by atoms with van der Waals surface area (Å²) in [6, 6.07) is -1.81. The first-order valence-corrected chi connectivity index (χ1v) is 8.35. The minimum Gasteiger partial charge on any atom is -0.464 e. The normalized spacial score (nSPS) is 12.3. The maximum Gasteiger partial charge on any atom is 0.328 e. The van der Waals surface area contributed by atoms with E-state index >= 15 is 0 Å². The van der Waals surface area contributed by atoms with Gasteiger partial charge in [0.15, 0.2) is 0 Å². The molecule has 0 saturated heterocycles. The maximum absolute atomic E-state index is 12.0. The van der Waals surface area contributed by atoms with E-state index < -0.39 is 24.0 Å². The summed E-state index contributed by atoms with van der Waals surface area (Å²) in [4.78, 5) is 46.5. The molecule has 146 valence electrons. The largest absolute Gasteiger partial charge is 0.464 e. The zero-order valence-electron chi connectivity index (χ0n) is 15.8. The molecule has 0 spiro atoms. The van der Waals surface area contributed by atoms with Crippen molar-refractivity contribution in [2.45, 2.75) is 52.6 Å². The topological polar surface area (TPSA) is 111 Å². The van der Waals surface area contributed by atoms with E-state index in [0.717, 1.165) is 0 Å². The van der Waals surface area contributed by atoms with Crippen molar-refractivity contribution < 1.29 is 28.7 Å². The molecule has 8 heteroatoms. The fourth-order valence-corrected chi connectivity index (χ4v) is 2.14. The van der Waals surface area contributed by atoms with Crippen LogP contribution in [0.1, 0.15) is 40.5 Å². The van der Waals surface area contributed by atoms with Crippen molar-refractivity contribution in [1.29, 1.82) is 0 Å². The Balaban J connectivity index is 5.04. The van der Waals surface area contributed by atoms with Gasteiger partial charge >= 0.3 is 11.9 Å². The summed E-state index contributed by atoms with van der Waals surface area (Å²) >= 11 is 0. The second-order valence-electron chi connectivity index (χ2n) is 5.63. The zero-order valence-corrected chi connectivity index (χ0v) is 15.8. The molecule has 2 amide bonds. The first-order valence-electron chi connectivity index (χ1n) is 8.35. The molecule has 8 nitrogen and oxygen atoms in total. The summed E-state index contributed by atoms with van der Waals surface area (Å²) in [5.74, 6) is -1.94. The molecule has 0 aromatic heterocycles. The summed E-state index contributed by atoms with van der Waals surface area (Å²) < 4.78 is 9.87. The van der Waals surface area contributed by atoms with Gasteiger partial charge < -0.3 is 20.1 Å². The van der Waals surface area contributed by atoms with Crippen LogP contribution in [0.25, 0.3) is 0 Å². The number of carbonyl (C=O) groups is 4. The summed E-state index contributed by atoms with van der Waals surface area (Å²) in [5, 5.41) is 5.00. The summed E-state index contributed by atoms with van der Waals surface area (Å²) in [6.45, 7) is 14.0. The third-order valence-corrected chi connectivity index (χ3v) is 3.30. The highest BCUT2D eigenvalue weighted by molar-refractivity contribution is 5.84. The Morgan fingerprint density at radius 1 is 0.769 bits per heavy atom. The lowest BCUT2D eigenvalue weighted by molar-refractivity contribution is -0.147. The van der Waals surface area contributed by atoms with Crippen LogP contribution in [0.3, 0.4) is 0 Å². The molecule has 0 aliphatic carbocycles. The SMILES string of the molecule is C=C(CC(NC(C)=O)C(=O)OCC)C(=C)CC(NC(C)=O)C(=O)OCC. The number of rotatable bonds is 11. The minimum absolute atomic E-state index is 0.0763. The van der Waals surface area contributed by atoms with Gasteiger partial charge in [0, 0.05) is 26.7 Å². The Bertz CT molecular complexity index is 520. The predicted octanol–water partition coefficient (Wildman–Crippen LogP) is 1.01. The number of amides is 2. The van der Waals surface area contributed by atoms with Crippen molar-refractivity contribution in [2.24, 2.45) is 0 Å². The molecule has 0 aromatic rings. The molecule has 0 aliphatic heterocycles. The Labute approximate surface area is 154 Å². The van der Waals surface area contributed by atoms with E-state index in [1.54, 1.807) is 13.8 Å². The van der Waals surface area contributed by atoms with E-state index in [4.69, 9.17) is 9.47 Å². The first kappa shape index (κ1) is 23.4. The number of esters is 2. The van der Waals surface area contributed by atoms with Gasteiger partial charge in [-0.2, -0.15) is 0 Å². The van der Waals surface area contributed by atoms with Crippen molar-refractivity contribution in [3.05, 3.63) is 24.3 Å². The van der Waals surface area contributed by atoms with Crippen molar-refractivity contribution in [3.63, 3.8) is 0 Å². The van der Waals surface area contributed by atoms with Crippen molar-refractivity contribution in [1.82, 2.24) is 10.6 Å². The molecule has 0 heterocycles. The van der Waals surface area contributed by atoms with Crippen molar-refractivity contribution in [2.75, 3.05) is 13.2 Å². The molecule has 26 heavy (non-hydrogen) atoms. The van der Waals surface area contributed by atoms with Gasteiger partial charge in [-0.3, -0.25) is 9.59 Å². The van der Waals surface area contributed by atoms with Gasteiger partial charge in [0.2, 0.25) is 11.8 Å². The van der Waals surface area contributed by atoms with Crippen LogP contribution in [-0.4, -0.2) is 49.1 Å². The van der Waals surface area contributed by atoms with E-state index in [1.807, 2.05) is 0 Å². The van der Waals surface area contributed by atoms with Gasteiger partial charge in [-0.1, -0.05) is 13.2 Å². The second-order valence-corrected chi connectivity index (χ2v) is 5.63. The van der Waals surface area contributed by atoms with Gasteiger partial charge in [0.25, 0.3) is 0 Å². The van der Waals surface area contributed by atoms with Crippen LogP contribution in [0, 0.1) is 0 Å². The quantitative estimate of drug-likeness (QED) is 0.416. The summed E-state index contributed by atoms with van der Waals surface area (Å²) in [6.07, 6.45) is 0.153. The van der Waals surface area contributed by atoms with Crippen LogP contribution in [-0.2, 0) is 28.7 Å². The fourth-order valence-electron chi connectivity index (χ4n) is 2.14. The smallest absolute Gasteiger partial charge is 0.328 e. The molecule has 2 atom stereocenters. The van der Waals surface area contributed by atoms with Crippen molar-refractivity contribution in [3.8, 4) is 0 Å². The summed E-state index contributed by atoms with van der Waals surface area (Å²) in [5.41, 5.74) is 0.910. The van der Waals surface area contributed by atoms with Crippen LogP contribution >= 0.6 is 0 Å². The van der Waals surface area contributed by atoms with E-state index in [9.17, 15) is 19.2 Å². The van der Waals surface area contributed by atoms with Gasteiger partial charge in [-0.25, -0.2) is 9.59 Å². The third kappa shape index (κ3) is 9.00. The van der Waals surface area contributed by atoms with E-state index in [1.165, 1.54) is 13.8 Å². The third-order valence-electron chi connectivity index (χ3n) is 3.30. The highest BCUT2D eigenvalue weighted by Crippen LogP contribution is 2.19. The number of carbonyl (C=O) groups excluding carboxylic acids is 4. The van der Waals surface area contributed by atoms with Crippen LogP contribution in [0.4, 0.5) is 0 Å². The lowest BCUT2D eigenvalue weighted by Crippen LogP contribution is -2.42. The molecule has 0 aliphatic rings. The fraction of sp³-hybridized carbons (Fsp3) is 0.556.